The fourth-order valence-electron chi connectivity index (χ4n) is 4.29. The van der Waals surface area contributed by atoms with Gasteiger partial charge in [-0.05, 0) is 0 Å². The second-order valence-electron chi connectivity index (χ2n) is 7.43. The summed E-state index contributed by atoms with van der Waals surface area (Å²) in [7, 11) is 0. The summed E-state index contributed by atoms with van der Waals surface area (Å²) >= 11 is -1.83. The Bertz CT molecular complexity index is 1160. The first-order valence-electron chi connectivity index (χ1n) is 10.5. The molecule has 4 aromatic carbocycles. The summed E-state index contributed by atoms with van der Waals surface area (Å²) in [6.07, 6.45) is 9.14. The van der Waals surface area contributed by atoms with E-state index in [0.717, 1.165) is 0 Å². The van der Waals surface area contributed by atoms with E-state index < -0.39 is 19.6 Å². The molecule has 1 aliphatic rings. The van der Waals surface area contributed by atoms with Gasteiger partial charge in [-0.1, -0.05) is 0 Å². The molecule has 0 atom stereocenters. The van der Waals surface area contributed by atoms with Gasteiger partial charge in [-0.3, -0.25) is 0 Å². The number of hydrogen-bond donors (Lipinski definition) is 0. The molecule has 0 spiro atoms. The average Bonchev–Trinajstić information content (AvgIpc) is 3.40. The van der Waals surface area contributed by atoms with Crippen molar-refractivity contribution in [1.29, 1.82) is 0 Å². The van der Waals surface area contributed by atoms with Crippen molar-refractivity contribution in [3.05, 3.63) is 146 Å². The third-order valence-corrected chi connectivity index (χ3v) is 23.2. The third kappa shape index (κ3) is 3.72. The van der Waals surface area contributed by atoms with Gasteiger partial charge in [-0.2, -0.15) is 0 Å². The Morgan fingerprint density at radius 2 is 0.774 bits per heavy atom. The zero-order valence-corrected chi connectivity index (χ0v) is 20.0. The van der Waals surface area contributed by atoms with Crippen LogP contribution < -0.4 is 19.3 Å². The molecular weight excluding hydrogens is 454 g/mol. The Morgan fingerprint density at radius 1 is 0.419 bits per heavy atom. The van der Waals surface area contributed by atoms with Gasteiger partial charge >= 0.3 is 190 Å². The van der Waals surface area contributed by atoms with Crippen LogP contribution in [0.4, 0.5) is 0 Å². The second-order valence-corrected chi connectivity index (χ2v) is 19.6. The first-order chi connectivity index (χ1) is 15.4. The van der Waals surface area contributed by atoms with Crippen LogP contribution in [-0.4, -0.2) is 19.5 Å². The Kier molecular flexibility index (Phi) is 5.94. The molecule has 0 amide bonds. The predicted molar refractivity (Wildman–Crippen MR) is 140 cm³/mol. The molecule has 0 unspecified atom stereocenters. The molecule has 1 aliphatic carbocycles. The van der Waals surface area contributed by atoms with E-state index in [1.165, 1.54) is 24.6 Å². The molecule has 0 radical (unpaired) electrons. The molecule has 0 heterocycles. The molecule has 2 heteroatoms. The van der Waals surface area contributed by atoms with Crippen LogP contribution in [0.25, 0.3) is 0 Å². The van der Waals surface area contributed by atoms with Gasteiger partial charge in [0.05, 0.1) is 0 Å². The molecule has 0 saturated heterocycles. The molecule has 0 aromatic heterocycles. The molecular formula is C29H24AsP. The fourth-order valence-corrected chi connectivity index (χ4v) is 23.5. The van der Waals surface area contributed by atoms with Crippen molar-refractivity contribution in [2.75, 3.05) is 0 Å². The molecule has 4 aromatic rings. The summed E-state index contributed by atoms with van der Waals surface area (Å²) in [5.74, 6) is 0. The summed E-state index contributed by atoms with van der Waals surface area (Å²) in [5, 5.41) is 4.43. The van der Waals surface area contributed by atoms with E-state index in [0.29, 0.717) is 0 Å². The summed E-state index contributed by atoms with van der Waals surface area (Å²) in [4.78, 5) is 0. The van der Waals surface area contributed by atoms with Crippen molar-refractivity contribution >= 4 is 44.2 Å². The van der Waals surface area contributed by atoms with Crippen LogP contribution in [0.15, 0.2) is 146 Å². The monoisotopic (exact) mass is 478 g/mol. The van der Waals surface area contributed by atoms with Crippen LogP contribution >= 0.6 is 5.45 Å². The predicted octanol–water partition coefficient (Wildman–Crippen LogP) is 4.76. The summed E-state index contributed by atoms with van der Waals surface area (Å²) in [6, 6.07) is 45.1. The van der Waals surface area contributed by atoms with Crippen molar-refractivity contribution < 1.29 is 0 Å². The van der Waals surface area contributed by atoms with Crippen molar-refractivity contribution in [3.8, 4) is 0 Å². The van der Waals surface area contributed by atoms with Gasteiger partial charge in [0.25, 0.3) is 0 Å². The third-order valence-electron chi connectivity index (χ3n) is 5.58. The molecule has 0 saturated carbocycles. The zero-order valence-electron chi connectivity index (χ0n) is 17.3. The van der Waals surface area contributed by atoms with E-state index in [9.17, 15) is 0 Å². The van der Waals surface area contributed by atoms with Crippen molar-refractivity contribution in [3.63, 3.8) is 0 Å². The van der Waals surface area contributed by atoms with Crippen LogP contribution in [-0.2, 0) is 0 Å². The average molecular weight is 478 g/mol. The Hall–Kier alpha value is -2.78. The summed E-state index contributed by atoms with van der Waals surface area (Å²) in [6.45, 7) is 0. The molecule has 0 aliphatic heterocycles. The maximum atomic E-state index is 2.36. The second kappa shape index (κ2) is 9.15. The van der Waals surface area contributed by atoms with Crippen molar-refractivity contribution in [2.24, 2.45) is 0 Å². The summed E-state index contributed by atoms with van der Waals surface area (Å²) < 4.78 is 3.01. The maximum absolute atomic E-state index is 2.36. The molecule has 0 bridgehead atoms. The first-order valence-corrected chi connectivity index (χ1v) is 16.7. The molecule has 0 nitrogen and oxygen atoms in total. The SMILES string of the molecule is C1=CC(=P(c2ccccc2)(c2ccccc2)[As](c2ccccc2)c2ccccc2)C=C1. The van der Waals surface area contributed by atoms with E-state index in [1.54, 1.807) is 0 Å². The fraction of sp³-hybridized carbons (Fsp3) is 0. The number of benzene rings is 4. The standard InChI is InChI=1S/C29H24AsP/c1-5-15-25(16-6-1)30(26-17-7-2-8-18-26)31(29-23-13-14-24-29,27-19-9-3-10-20-27)28-21-11-4-12-22-28/h1-24H. The topological polar surface area (TPSA) is 0 Å². The molecule has 5 rings (SSSR count). The van der Waals surface area contributed by atoms with Crippen LogP contribution in [0.5, 0.6) is 0 Å². The minimum absolute atomic E-state index is 1.47. The van der Waals surface area contributed by atoms with Gasteiger partial charge in [0.2, 0.25) is 0 Å². The van der Waals surface area contributed by atoms with E-state index in [4.69, 9.17) is 0 Å². The van der Waals surface area contributed by atoms with Crippen LogP contribution in [0, 0.1) is 0 Å². The Labute approximate surface area is 189 Å². The minimum atomic E-state index is -1.91. The van der Waals surface area contributed by atoms with Crippen LogP contribution in [0.3, 0.4) is 0 Å². The Balaban J connectivity index is 1.98. The molecule has 0 N–H and O–H groups in total. The molecule has 31 heavy (non-hydrogen) atoms. The quantitative estimate of drug-likeness (QED) is 0.287. The van der Waals surface area contributed by atoms with Crippen LogP contribution in [0.2, 0.25) is 0 Å². The van der Waals surface area contributed by atoms with E-state index in [2.05, 4.69) is 146 Å². The van der Waals surface area contributed by atoms with Gasteiger partial charge in [0, 0.05) is 0 Å². The van der Waals surface area contributed by atoms with Gasteiger partial charge in [0.15, 0.2) is 0 Å². The first kappa shape index (κ1) is 20.1. The van der Waals surface area contributed by atoms with Gasteiger partial charge in [-0.15, -0.1) is 0 Å². The zero-order chi connectivity index (χ0) is 20.9. The molecule has 150 valence electrons. The van der Waals surface area contributed by atoms with Gasteiger partial charge in [-0.25, -0.2) is 0 Å². The molecule has 0 fully saturated rings. The normalized spacial score (nSPS) is 13.1. The Morgan fingerprint density at radius 3 is 1.16 bits per heavy atom. The van der Waals surface area contributed by atoms with Crippen molar-refractivity contribution in [1.82, 2.24) is 0 Å². The number of hydrogen-bond acceptors (Lipinski definition) is 0. The van der Waals surface area contributed by atoms with E-state index in [1.807, 2.05) is 0 Å². The van der Waals surface area contributed by atoms with Crippen LogP contribution in [0.1, 0.15) is 0 Å². The van der Waals surface area contributed by atoms with E-state index in [-0.39, 0.29) is 0 Å². The number of rotatable bonds is 5. The van der Waals surface area contributed by atoms with Crippen molar-refractivity contribution in [2.45, 2.75) is 0 Å². The van der Waals surface area contributed by atoms with Gasteiger partial charge < -0.3 is 0 Å². The summed E-state index contributed by atoms with van der Waals surface area (Å²) in [5.41, 5.74) is -1.91. The van der Waals surface area contributed by atoms with E-state index >= 15 is 0 Å². The van der Waals surface area contributed by atoms with Gasteiger partial charge in [0.1, 0.15) is 0 Å². The number of allylic oxidation sites excluding steroid dienone is 4.